The monoisotopic (exact) mass is 336 g/mol. The number of aromatic nitrogens is 4. The van der Waals surface area contributed by atoms with Crippen LogP contribution in [0.5, 0.6) is 0 Å². The summed E-state index contributed by atoms with van der Waals surface area (Å²) in [5.74, 6) is -0.860. The van der Waals surface area contributed by atoms with E-state index in [1.807, 2.05) is 36.4 Å². The lowest BCUT2D eigenvalue weighted by Crippen LogP contribution is -2.02. The van der Waals surface area contributed by atoms with Gasteiger partial charge in [0.2, 0.25) is 0 Å². The summed E-state index contributed by atoms with van der Waals surface area (Å²) in [6, 6.07) is 15.2. The summed E-state index contributed by atoms with van der Waals surface area (Å²) in [6.45, 7) is 0. The number of fused-ring (bicyclic) bond motifs is 1. The van der Waals surface area contributed by atoms with Crippen molar-refractivity contribution in [3.05, 3.63) is 60.3 Å². The number of carboxylic acids is 1. The predicted molar refractivity (Wildman–Crippen MR) is 91.3 cm³/mol. The highest BCUT2D eigenvalue weighted by Gasteiger charge is 2.11. The van der Waals surface area contributed by atoms with Gasteiger partial charge >= 0.3 is 5.97 Å². The molecule has 2 heterocycles. The molecule has 2 aromatic carbocycles. The normalized spacial score (nSPS) is 11.0. The molecule has 6 nitrogen and oxygen atoms in total. The van der Waals surface area contributed by atoms with Crippen LogP contribution in [0.15, 0.2) is 54.7 Å². The molecule has 0 radical (unpaired) electrons. The zero-order chi connectivity index (χ0) is 16.5. The summed E-state index contributed by atoms with van der Waals surface area (Å²) in [7, 11) is 0. The van der Waals surface area contributed by atoms with Crippen molar-refractivity contribution in [2.45, 2.75) is 6.42 Å². The predicted octanol–water partition coefficient (Wildman–Crippen LogP) is 3.17. The van der Waals surface area contributed by atoms with E-state index in [0.717, 1.165) is 26.5 Å². The summed E-state index contributed by atoms with van der Waals surface area (Å²) >= 11 is 1.57. The third kappa shape index (κ3) is 2.77. The molecule has 0 amide bonds. The van der Waals surface area contributed by atoms with Gasteiger partial charge in [-0.3, -0.25) is 4.79 Å². The molecule has 0 unspecified atom stereocenters. The third-order valence-electron chi connectivity index (χ3n) is 3.54. The summed E-state index contributed by atoms with van der Waals surface area (Å²) in [4.78, 5) is 15.4. The second kappa shape index (κ2) is 5.86. The van der Waals surface area contributed by atoms with E-state index >= 15 is 0 Å². The van der Waals surface area contributed by atoms with E-state index in [2.05, 4.69) is 15.3 Å². The first-order chi connectivity index (χ1) is 11.7. The van der Waals surface area contributed by atoms with Gasteiger partial charge < -0.3 is 5.11 Å². The largest absolute Gasteiger partial charge is 0.481 e. The van der Waals surface area contributed by atoms with Gasteiger partial charge in [-0.2, -0.15) is 0 Å². The van der Waals surface area contributed by atoms with Crippen molar-refractivity contribution in [2.75, 3.05) is 0 Å². The van der Waals surface area contributed by atoms with Crippen molar-refractivity contribution < 1.29 is 9.90 Å². The van der Waals surface area contributed by atoms with Crippen molar-refractivity contribution in [3.63, 3.8) is 0 Å². The summed E-state index contributed by atoms with van der Waals surface area (Å²) in [6.07, 6.45) is 1.78. The lowest BCUT2D eigenvalue weighted by atomic mass is 10.1. The summed E-state index contributed by atoms with van der Waals surface area (Å²) in [5.41, 5.74) is 3.13. The number of carboxylic acid groups (broad SMARTS) is 1. The number of benzene rings is 2. The molecule has 0 fully saturated rings. The van der Waals surface area contributed by atoms with E-state index in [1.165, 1.54) is 0 Å². The fourth-order valence-corrected chi connectivity index (χ4v) is 3.37. The van der Waals surface area contributed by atoms with Crippen molar-refractivity contribution in [2.24, 2.45) is 0 Å². The van der Waals surface area contributed by atoms with Crippen LogP contribution in [0.2, 0.25) is 0 Å². The molecule has 0 saturated heterocycles. The number of carbonyl (C=O) groups is 1. The molecule has 4 rings (SSSR count). The van der Waals surface area contributed by atoms with E-state index in [0.29, 0.717) is 5.69 Å². The number of rotatable bonds is 4. The van der Waals surface area contributed by atoms with Crippen LogP contribution in [0.4, 0.5) is 0 Å². The summed E-state index contributed by atoms with van der Waals surface area (Å²) < 4.78 is 2.73. The first kappa shape index (κ1) is 14.5. The van der Waals surface area contributed by atoms with Crippen LogP contribution in [-0.4, -0.2) is 31.1 Å². The Bertz CT molecular complexity index is 1000. The standard InChI is InChI=1S/C17H12N4O2S/c22-16(23)9-11-4-3-5-12(8-11)21-10-14(19-20-21)17-18-13-6-1-2-7-15(13)24-17/h1-8,10H,9H2,(H,22,23). The van der Waals surface area contributed by atoms with E-state index in [-0.39, 0.29) is 6.42 Å². The number of hydrogen-bond donors (Lipinski definition) is 1. The molecule has 1 N–H and O–H groups in total. The first-order valence-electron chi connectivity index (χ1n) is 7.28. The van der Waals surface area contributed by atoms with Gasteiger partial charge in [0, 0.05) is 0 Å². The maximum atomic E-state index is 10.8. The first-order valence-corrected chi connectivity index (χ1v) is 8.10. The van der Waals surface area contributed by atoms with Gasteiger partial charge in [0.15, 0.2) is 0 Å². The second-order valence-electron chi connectivity index (χ2n) is 5.28. The smallest absolute Gasteiger partial charge is 0.307 e. The Hall–Kier alpha value is -3.06. The van der Waals surface area contributed by atoms with Crippen LogP contribution in [-0.2, 0) is 11.2 Å². The highest BCUT2D eigenvalue weighted by molar-refractivity contribution is 7.21. The molecule has 4 aromatic rings. The van der Waals surface area contributed by atoms with Gasteiger partial charge in [0.05, 0.1) is 28.5 Å². The molecule has 0 saturated carbocycles. The molecule has 0 spiro atoms. The lowest BCUT2D eigenvalue weighted by Gasteiger charge is -2.02. The molecule has 0 bridgehead atoms. The Morgan fingerprint density at radius 3 is 2.88 bits per heavy atom. The molecule has 118 valence electrons. The van der Waals surface area contributed by atoms with E-state index in [1.54, 1.807) is 34.3 Å². The van der Waals surface area contributed by atoms with Crippen LogP contribution in [0, 0.1) is 0 Å². The molecule has 0 aliphatic rings. The van der Waals surface area contributed by atoms with Crippen molar-refractivity contribution in [1.82, 2.24) is 20.0 Å². The molecular weight excluding hydrogens is 324 g/mol. The van der Waals surface area contributed by atoms with Crippen LogP contribution in [0.3, 0.4) is 0 Å². The van der Waals surface area contributed by atoms with Gasteiger partial charge in [-0.15, -0.1) is 16.4 Å². The molecule has 0 aliphatic heterocycles. The number of thiazole rings is 1. The molecular formula is C17H12N4O2S. The fraction of sp³-hybridized carbons (Fsp3) is 0.0588. The van der Waals surface area contributed by atoms with Crippen LogP contribution < -0.4 is 0 Å². The molecule has 0 aliphatic carbocycles. The van der Waals surface area contributed by atoms with Gasteiger partial charge in [-0.05, 0) is 29.8 Å². The Labute approximate surface area is 141 Å². The number of hydrogen-bond acceptors (Lipinski definition) is 5. The van der Waals surface area contributed by atoms with Gasteiger partial charge in [-0.25, -0.2) is 9.67 Å². The minimum Gasteiger partial charge on any atom is -0.481 e. The van der Waals surface area contributed by atoms with Crippen molar-refractivity contribution in [3.8, 4) is 16.4 Å². The second-order valence-corrected chi connectivity index (χ2v) is 6.31. The highest BCUT2D eigenvalue weighted by atomic mass is 32.1. The van der Waals surface area contributed by atoms with Crippen LogP contribution in [0.25, 0.3) is 26.6 Å². The number of nitrogens with zero attached hydrogens (tertiary/aromatic N) is 4. The minimum atomic E-state index is -0.860. The van der Waals surface area contributed by atoms with Gasteiger partial charge in [0.1, 0.15) is 10.7 Å². The average molecular weight is 336 g/mol. The Morgan fingerprint density at radius 2 is 2.04 bits per heavy atom. The maximum Gasteiger partial charge on any atom is 0.307 e. The zero-order valence-electron chi connectivity index (χ0n) is 12.5. The van der Waals surface area contributed by atoms with Crippen molar-refractivity contribution >= 4 is 27.5 Å². The van der Waals surface area contributed by atoms with E-state index < -0.39 is 5.97 Å². The van der Waals surface area contributed by atoms with E-state index in [4.69, 9.17) is 5.11 Å². The third-order valence-corrected chi connectivity index (χ3v) is 4.60. The van der Waals surface area contributed by atoms with Crippen LogP contribution in [0.1, 0.15) is 5.56 Å². The zero-order valence-corrected chi connectivity index (χ0v) is 13.3. The Balaban J connectivity index is 1.68. The highest BCUT2D eigenvalue weighted by Crippen LogP contribution is 2.28. The minimum absolute atomic E-state index is 0.0206. The molecule has 0 atom stereocenters. The Morgan fingerprint density at radius 1 is 1.17 bits per heavy atom. The lowest BCUT2D eigenvalue weighted by molar-refractivity contribution is -0.136. The molecule has 2 aromatic heterocycles. The number of aliphatic carboxylic acids is 1. The quantitative estimate of drug-likeness (QED) is 0.619. The SMILES string of the molecule is O=C(O)Cc1cccc(-n2cc(-c3nc4ccccc4s3)nn2)c1. The van der Waals surface area contributed by atoms with E-state index in [9.17, 15) is 4.79 Å². The maximum absolute atomic E-state index is 10.8. The fourth-order valence-electron chi connectivity index (χ4n) is 2.45. The van der Waals surface area contributed by atoms with Crippen LogP contribution >= 0.6 is 11.3 Å². The molecule has 24 heavy (non-hydrogen) atoms. The van der Waals surface area contributed by atoms with Gasteiger partial charge in [0.25, 0.3) is 0 Å². The van der Waals surface area contributed by atoms with Crippen molar-refractivity contribution in [1.29, 1.82) is 0 Å². The number of para-hydroxylation sites is 1. The Kier molecular flexibility index (Phi) is 3.55. The molecule has 7 heteroatoms. The average Bonchev–Trinajstić information content (AvgIpc) is 3.21. The summed E-state index contributed by atoms with van der Waals surface area (Å²) in [5, 5.41) is 18.1. The van der Waals surface area contributed by atoms with Gasteiger partial charge in [-0.1, -0.05) is 29.5 Å². The topological polar surface area (TPSA) is 80.9 Å².